The van der Waals surface area contributed by atoms with Gasteiger partial charge in [-0.15, -0.1) is 0 Å². The zero-order chi connectivity index (χ0) is 27.7. The van der Waals surface area contributed by atoms with Crippen LogP contribution in [0.2, 0.25) is 0 Å². The number of para-hydroxylation sites is 1. The van der Waals surface area contributed by atoms with E-state index in [0.717, 1.165) is 70.8 Å². The standard InChI is InChI=1S/C31H44N6O3/c1-25(38)37-15-9-5-3-2-4-8-14-36(24-26-10-6-7-11-29(26)37)28-12-16-34(17-13-28)30(39)27-22-32-31(33-23-27)35-18-20-40-21-19-35/h6-7,10-11,22-23,28H,2-5,8-9,12-21,24H2,1H3. The second-order valence-corrected chi connectivity index (χ2v) is 11.3. The van der Waals surface area contributed by atoms with Gasteiger partial charge in [-0.1, -0.05) is 43.9 Å². The highest BCUT2D eigenvalue weighted by Gasteiger charge is 2.29. The largest absolute Gasteiger partial charge is 0.378 e. The smallest absolute Gasteiger partial charge is 0.256 e. The van der Waals surface area contributed by atoms with Gasteiger partial charge in [-0.2, -0.15) is 0 Å². The summed E-state index contributed by atoms with van der Waals surface area (Å²) in [6.45, 7) is 8.69. The van der Waals surface area contributed by atoms with Crippen LogP contribution in [0.1, 0.15) is 74.2 Å². The molecule has 2 saturated heterocycles. The fourth-order valence-electron chi connectivity index (χ4n) is 6.23. The zero-order valence-corrected chi connectivity index (χ0v) is 24.0. The van der Waals surface area contributed by atoms with Crippen molar-refractivity contribution in [3.05, 3.63) is 47.8 Å². The Balaban J connectivity index is 1.24. The van der Waals surface area contributed by atoms with E-state index >= 15 is 0 Å². The Morgan fingerprint density at radius 1 is 0.825 bits per heavy atom. The van der Waals surface area contributed by atoms with Gasteiger partial charge < -0.3 is 19.4 Å². The van der Waals surface area contributed by atoms with Crippen molar-refractivity contribution in [1.82, 2.24) is 19.8 Å². The van der Waals surface area contributed by atoms with Crippen molar-refractivity contribution in [2.75, 3.05) is 62.3 Å². The third-order valence-corrected chi connectivity index (χ3v) is 8.56. The van der Waals surface area contributed by atoms with Gasteiger partial charge in [-0.3, -0.25) is 14.5 Å². The first-order valence-electron chi connectivity index (χ1n) is 15.1. The summed E-state index contributed by atoms with van der Waals surface area (Å²) in [4.78, 5) is 43.5. The van der Waals surface area contributed by atoms with Crippen LogP contribution < -0.4 is 9.80 Å². The summed E-state index contributed by atoms with van der Waals surface area (Å²) in [5.41, 5.74) is 2.82. The molecule has 0 aliphatic carbocycles. The molecule has 5 rings (SSSR count). The van der Waals surface area contributed by atoms with Crippen molar-refractivity contribution < 1.29 is 14.3 Å². The number of fused-ring (bicyclic) bond motifs is 1. The highest BCUT2D eigenvalue weighted by atomic mass is 16.5. The first kappa shape index (κ1) is 28.5. The summed E-state index contributed by atoms with van der Waals surface area (Å²) in [7, 11) is 0. The van der Waals surface area contributed by atoms with E-state index in [-0.39, 0.29) is 11.8 Å². The molecule has 40 heavy (non-hydrogen) atoms. The molecule has 216 valence electrons. The molecule has 0 radical (unpaired) electrons. The van der Waals surface area contributed by atoms with Crippen molar-refractivity contribution in [3.8, 4) is 0 Å². The number of aromatic nitrogens is 2. The minimum Gasteiger partial charge on any atom is -0.378 e. The lowest BCUT2D eigenvalue weighted by atomic mass is 10.00. The van der Waals surface area contributed by atoms with E-state index in [0.29, 0.717) is 30.8 Å². The van der Waals surface area contributed by atoms with Gasteiger partial charge in [-0.25, -0.2) is 9.97 Å². The number of nitrogens with zero attached hydrogens (tertiary/aromatic N) is 6. The van der Waals surface area contributed by atoms with Crippen molar-refractivity contribution >= 4 is 23.5 Å². The number of carbonyl (C=O) groups excluding carboxylic acids is 2. The summed E-state index contributed by atoms with van der Waals surface area (Å²) in [5.74, 6) is 0.787. The van der Waals surface area contributed by atoms with Gasteiger partial charge in [0, 0.05) is 70.3 Å². The molecule has 2 fully saturated rings. The maximum Gasteiger partial charge on any atom is 0.256 e. The summed E-state index contributed by atoms with van der Waals surface area (Å²) in [6, 6.07) is 8.81. The SMILES string of the molecule is CC(=O)N1CCCCCCCCN(C2CCN(C(=O)c3cnc(N4CCOCC4)nc3)CC2)Cc2ccccc21. The molecule has 0 bridgehead atoms. The fourth-order valence-corrected chi connectivity index (χ4v) is 6.23. The van der Waals surface area contributed by atoms with Crippen LogP contribution in [0.3, 0.4) is 0 Å². The molecule has 3 aliphatic heterocycles. The van der Waals surface area contributed by atoms with E-state index in [4.69, 9.17) is 4.74 Å². The Morgan fingerprint density at radius 3 is 2.17 bits per heavy atom. The maximum atomic E-state index is 13.3. The van der Waals surface area contributed by atoms with Gasteiger partial charge in [0.05, 0.1) is 18.8 Å². The number of morpholine rings is 1. The number of hydrogen-bond acceptors (Lipinski definition) is 7. The average Bonchev–Trinajstić information content (AvgIpc) is 3.02. The molecule has 9 heteroatoms. The summed E-state index contributed by atoms with van der Waals surface area (Å²) in [6.07, 6.45) is 12.3. The Kier molecular flexibility index (Phi) is 10.00. The zero-order valence-electron chi connectivity index (χ0n) is 24.0. The molecule has 4 heterocycles. The first-order chi connectivity index (χ1) is 19.6. The second-order valence-electron chi connectivity index (χ2n) is 11.3. The number of rotatable bonds is 3. The Hall–Kier alpha value is -3.04. The molecule has 3 aliphatic rings. The molecule has 0 N–H and O–H groups in total. The third kappa shape index (κ3) is 7.18. The molecule has 0 atom stereocenters. The van der Waals surface area contributed by atoms with E-state index in [1.54, 1.807) is 19.3 Å². The van der Waals surface area contributed by atoms with E-state index in [1.165, 1.54) is 37.7 Å². The van der Waals surface area contributed by atoms with Crippen LogP contribution in [0.4, 0.5) is 11.6 Å². The number of piperidine rings is 1. The molecule has 0 saturated carbocycles. The molecule has 2 aromatic rings. The normalized spacial score (nSPS) is 20.7. The molecular weight excluding hydrogens is 504 g/mol. The van der Waals surface area contributed by atoms with Gasteiger partial charge in [-0.05, 0) is 43.9 Å². The van der Waals surface area contributed by atoms with E-state index in [1.807, 2.05) is 15.9 Å². The minimum absolute atomic E-state index is 0.0133. The van der Waals surface area contributed by atoms with Gasteiger partial charge in [0.2, 0.25) is 11.9 Å². The Bertz CT molecular complexity index is 1110. The van der Waals surface area contributed by atoms with Gasteiger partial charge >= 0.3 is 0 Å². The first-order valence-corrected chi connectivity index (χ1v) is 15.1. The molecule has 9 nitrogen and oxygen atoms in total. The summed E-state index contributed by atoms with van der Waals surface area (Å²) < 4.78 is 5.41. The number of carbonyl (C=O) groups is 2. The van der Waals surface area contributed by atoms with Crippen LogP contribution in [0, 0.1) is 0 Å². The van der Waals surface area contributed by atoms with Crippen LogP contribution in [0.15, 0.2) is 36.7 Å². The summed E-state index contributed by atoms with van der Waals surface area (Å²) in [5, 5.41) is 0. The molecule has 0 unspecified atom stereocenters. The van der Waals surface area contributed by atoms with Crippen LogP contribution in [-0.4, -0.2) is 90.1 Å². The van der Waals surface area contributed by atoms with E-state index in [2.05, 4.69) is 38.0 Å². The van der Waals surface area contributed by atoms with Crippen molar-refractivity contribution in [3.63, 3.8) is 0 Å². The average molecular weight is 549 g/mol. The van der Waals surface area contributed by atoms with Crippen LogP contribution in [0.5, 0.6) is 0 Å². The van der Waals surface area contributed by atoms with Gasteiger partial charge in [0.15, 0.2) is 0 Å². The lowest BCUT2D eigenvalue weighted by Gasteiger charge is -2.39. The van der Waals surface area contributed by atoms with Crippen LogP contribution in [-0.2, 0) is 16.1 Å². The van der Waals surface area contributed by atoms with Crippen LogP contribution in [0.25, 0.3) is 0 Å². The van der Waals surface area contributed by atoms with Crippen molar-refractivity contribution in [2.45, 2.75) is 70.9 Å². The number of amides is 2. The molecular formula is C31H44N6O3. The van der Waals surface area contributed by atoms with Crippen molar-refractivity contribution in [2.24, 2.45) is 0 Å². The Morgan fingerprint density at radius 2 is 1.48 bits per heavy atom. The van der Waals surface area contributed by atoms with Gasteiger partial charge in [0.25, 0.3) is 5.91 Å². The molecule has 2 amide bonds. The highest BCUT2D eigenvalue weighted by Crippen LogP contribution is 2.27. The number of anilines is 2. The quantitative estimate of drug-likeness (QED) is 0.571. The predicted octanol–water partition coefficient (Wildman–Crippen LogP) is 4.13. The van der Waals surface area contributed by atoms with Crippen LogP contribution >= 0.6 is 0 Å². The highest BCUT2D eigenvalue weighted by molar-refractivity contribution is 5.94. The summed E-state index contributed by atoms with van der Waals surface area (Å²) >= 11 is 0. The monoisotopic (exact) mass is 548 g/mol. The van der Waals surface area contributed by atoms with Crippen molar-refractivity contribution in [1.29, 1.82) is 0 Å². The van der Waals surface area contributed by atoms with Gasteiger partial charge in [0.1, 0.15) is 0 Å². The fraction of sp³-hybridized carbons (Fsp3) is 0.613. The lowest BCUT2D eigenvalue weighted by Crippen LogP contribution is -2.47. The number of likely N-dealkylation sites (tertiary alicyclic amines) is 1. The maximum absolute atomic E-state index is 13.3. The number of hydrogen-bond donors (Lipinski definition) is 0. The predicted molar refractivity (Wildman–Crippen MR) is 157 cm³/mol. The molecule has 0 spiro atoms. The lowest BCUT2D eigenvalue weighted by molar-refractivity contribution is -0.116. The molecule has 1 aromatic carbocycles. The Labute approximate surface area is 238 Å². The van der Waals surface area contributed by atoms with E-state index < -0.39 is 0 Å². The topological polar surface area (TPSA) is 82.1 Å². The molecule has 1 aromatic heterocycles. The number of ether oxygens (including phenoxy) is 1. The number of benzene rings is 1. The third-order valence-electron chi connectivity index (χ3n) is 8.56. The van der Waals surface area contributed by atoms with E-state index in [9.17, 15) is 9.59 Å². The minimum atomic E-state index is 0.0133. The second kappa shape index (κ2) is 14.0.